The summed E-state index contributed by atoms with van der Waals surface area (Å²) in [6.07, 6.45) is 0.371. The lowest BCUT2D eigenvalue weighted by Gasteiger charge is -2.38. The van der Waals surface area contributed by atoms with Crippen molar-refractivity contribution in [3.05, 3.63) is 29.8 Å². The third-order valence-corrected chi connectivity index (χ3v) is 6.56. The number of nitrogens with zero attached hydrogens (tertiary/aromatic N) is 1. The Balaban J connectivity index is 1.40. The summed E-state index contributed by atoms with van der Waals surface area (Å²) in [6, 6.07) is 6.75. The van der Waals surface area contributed by atoms with Crippen LogP contribution < -0.4 is 15.4 Å². The number of nitrogens with one attached hydrogen (secondary N) is 2. The smallest absolute Gasteiger partial charge is 0.258 e. The molecule has 2 saturated heterocycles. The van der Waals surface area contributed by atoms with Crippen molar-refractivity contribution < 1.29 is 24.2 Å². The molecule has 0 saturated carbocycles. The summed E-state index contributed by atoms with van der Waals surface area (Å²) in [6.45, 7) is 0.240. The molecule has 3 amide bonds. The SMILES string of the molecule is O=C(CN1CCC2(CCC1=O)NC(=O)c1ccccc1O2)NC1CSCC1O. The van der Waals surface area contributed by atoms with E-state index in [0.29, 0.717) is 42.2 Å². The number of hydrogen-bond acceptors (Lipinski definition) is 6. The molecule has 3 aliphatic heterocycles. The van der Waals surface area contributed by atoms with Crippen molar-refractivity contribution >= 4 is 29.5 Å². The molecular formula is C19H23N3O5S. The topological polar surface area (TPSA) is 108 Å². The molecule has 3 aliphatic rings. The van der Waals surface area contributed by atoms with Crippen LogP contribution in [0.5, 0.6) is 5.75 Å². The second-order valence-electron chi connectivity index (χ2n) is 7.39. The fourth-order valence-corrected chi connectivity index (χ4v) is 4.96. The Labute approximate surface area is 167 Å². The minimum atomic E-state index is -0.940. The van der Waals surface area contributed by atoms with E-state index in [1.165, 1.54) is 4.90 Å². The van der Waals surface area contributed by atoms with Crippen LogP contribution in [-0.4, -0.2) is 70.2 Å². The fraction of sp³-hybridized carbons (Fsp3) is 0.526. The molecule has 1 aromatic rings. The van der Waals surface area contributed by atoms with E-state index < -0.39 is 11.8 Å². The summed E-state index contributed by atoms with van der Waals surface area (Å²) >= 11 is 1.59. The average Bonchev–Trinajstić information content (AvgIpc) is 3.01. The van der Waals surface area contributed by atoms with E-state index in [1.807, 2.05) is 0 Å². The van der Waals surface area contributed by atoms with Crippen molar-refractivity contribution in [2.75, 3.05) is 24.6 Å². The minimum absolute atomic E-state index is 0.0622. The second kappa shape index (κ2) is 7.63. The van der Waals surface area contributed by atoms with Crippen LogP contribution in [0.3, 0.4) is 0 Å². The predicted molar refractivity (Wildman–Crippen MR) is 103 cm³/mol. The van der Waals surface area contributed by atoms with Crippen LogP contribution in [0.15, 0.2) is 24.3 Å². The highest BCUT2D eigenvalue weighted by Crippen LogP contribution is 2.33. The van der Waals surface area contributed by atoms with Crippen molar-refractivity contribution in [2.45, 2.75) is 37.1 Å². The molecule has 28 heavy (non-hydrogen) atoms. The maximum Gasteiger partial charge on any atom is 0.258 e. The summed E-state index contributed by atoms with van der Waals surface area (Å²) in [5.74, 6) is 1.14. The molecule has 150 valence electrons. The number of carbonyl (C=O) groups is 3. The lowest BCUT2D eigenvalue weighted by Crippen LogP contribution is -2.56. The molecule has 0 radical (unpaired) electrons. The van der Waals surface area contributed by atoms with Gasteiger partial charge in [-0.2, -0.15) is 11.8 Å². The molecule has 3 atom stereocenters. The molecular weight excluding hydrogens is 382 g/mol. The van der Waals surface area contributed by atoms with E-state index in [9.17, 15) is 19.5 Å². The number of carbonyl (C=O) groups excluding carboxylic acids is 3. The van der Waals surface area contributed by atoms with Crippen LogP contribution in [0, 0.1) is 0 Å². The monoisotopic (exact) mass is 405 g/mol. The number of ether oxygens (including phenoxy) is 1. The number of aliphatic hydroxyl groups excluding tert-OH is 1. The molecule has 3 heterocycles. The van der Waals surface area contributed by atoms with E-state index in [2.05, 4.69) is 10.6 Å². The first-order chi connectivity index (χ1) is 13.5. The Morgan fingerprint density at radius 3 is 2.93 bits per heavy atom. The van der Waals surface area contributed by atoms with Gasteiger partial charge in [0.25, 0.3) is 5.91 Å². The Hall–Kier alpha value is -2.26. The van der Waals surface area contributed by atoms with Gasteiger partial charge in [-0.15, -0.1) is 0 Å². The van der Waals surface area contributed by atoms with Gasteiger partial charge in [0.15, 0.2) is 5.72 Å². The van der Waals surface area contributed by atoms with Crippen molar-refractivity contribution in [3.63, 3.8) is 0 Å². The number of likely N-dealkylation sites (tertiary alicyclic amines) is 1. The van der Waals surface area contributed by atoms with Crippen molar-refractivity contribution in [2.24, 2.45) is 0 Å². The van der Waals surface area contributed by atoms with Crippen LogP contribution in [0.1, 0.15) is 29.6 Å². The number of hydrogen-bond donors (Lipinski definition) is 3. The predicted octanol–water partition coefficient (Wildman–Crippen LogP) is 0.110. The van der Waals surface area contributed by atoms with E-state index in [0.717, 1.165) is 0 Å². The fourth-order valence-electron chi connectivity index (χ4n) is 3.79. The molecule has 9 heteroatoms. The first kappa shape index (κ1) is 19.1. The van der Waals surface area contributed by atoms with Gasteiger partial charge in [0, 0.05) is 37.3 Å². The van der Waals surface area contributed by atoms with Crippen LogP contribution in [0.25, 0.3) is 0 Å². The van der Waals surface area contributed by atoms with Gasteiger partial charge in [-0.1, -0.05) is 12.1 Å². The Morgan fingerprint density at radius 1 is 1.32 bits per heavy atom. The van der Waals surface area contributed by atoms with Gasteiger partial charge in [-0.3, -0.25) is 14.4 Å². The highest BCUT2D eigenvalue weighted by atomic mass is 32.2. The van der Waals surface area contributed by atoms with Crippen molar-refractivity contribution in [3.8, 4) is 5.75 Å². The van der Waals surface area contributed by atoms with E-state index >= 15 is 0 Å². The molecule has 1 aromatic carbocycles. The largest absolute Gasteiger partial charge is 0.467 e. The van der Waals surface area contributed by atoms with Gasteiger partial charge in [-0.25, -0.2) is 0 Å². The van der Waals surface area contributed by atoms with Gasteiger partial charge in [0.05, 0.1) is 24.3 Å². The maximum absolute atomic E-state index is 12.5. The summed E-state index contributed by atoms with van der Waals surface area (Å²) < 4.78 is 6.09. The zero-order chi connectivity index (χ0) is 19.7. The average molecular weight is 405 g/mol. The zero-order valence-corrected chi connectivity index (χ0v) is 16.2. The first-order valence-electron chi connectivity index (χ1n) is 9.39. The Kier molecular flexibility index (Phi) is 5.20. The molecule has 4 rings (SSSR count). The summed E-state index contributed by atoms with van der Waals surface area (Å²) in [5.41, 5.74) is -0.460. The molecule has 3 unspecified atom stereocenters. The first-order valence-corrected chi connectivity index (χ1v) is 10.5. The van der Waals surface area contributed by atoms with Crippen LogP contribution >= 0.6 is 11.8 Å². The van der Waals surface area contributed by atoms with Gasteiger partial charge in [-0.05, 0) is 12.1 Å². The number of fused-ring (bicyclic) bond motifs is 1. The summed E-state index contributed by atoms with van der Waals surface area (Å²) in [7, 11) is 0. The van der Waals surface area contributed by atoms with Crippen LogP contribution in [-0.2, 0) is 9.59 Å². The number of amides is 3. The van der Waals surface area contributed by atoms with Gasteiger partial charge < -0.3 is 25.4 Å². The molecule has 8 nitrogen and oxygen atoms in total. The van der Waals surface area contributed by atoms with E-state index in [4.69, 9.17) is 4.74 Å². The normalized spacial score (nSPS) is 29.7. The third kappa shape index (κ3) is 3.81. The quantitative estimate of drug-likeness (QED) is 0.659. The number of thioether (sulfide) groups is 1. The van der Waals surface area contributed by atoms with Crippen molar-refractivity contribution in [1.82, 2.24) is 15.5 Å². The summed E-state index contributed by atoms with van der Waals surface area (Å²) in [5, 5.41) is 15.6. The number of benzene rings is 1. The molecule has 2 fully saturated rings. The third-order valence-electron chi connectivity index (χ3n) is 5.39. The molecule has 0 aliphatic carbocycles. The molecule has 0 bridgehead atoms. The second-order valence-corrected chi connectivity index (χ2v) is 8.47. The molecule has 1 spiro atoms. The Bertz CT molecular complexity index is 804. The molecule has 3 N–H and O–H groups in total. The zero-order valence-electron chi connectivity index (χ0n) is 15.3. The minimum Gasteiger partial charge on any atom is -0.467 e. The van der Waals surface area contributed by atoms with Crippen LogP contribution in [0.4, 0.5) is 0 Å². The van der Waals surface area contributed by atoms with Gasteiger partial charge >= 0.3 is 0 Å². The maximum atomic E-state index is 12.5. The number of aliphatic hydroxyl groups is 1. The highest BCUT2D eigenvalue weighted by Gasteiger charge is 2.42. The highest BCUT2D eigenvalue weighted by molar-refractivity contribution is 7.99. The van der Waals surface area contributed by atoms with Gasteiger partial charge in [0.2, 0.25) is 11.8 Å². The lowest BCUT2D eigenvalue weighted by atomic mass is 10.0. The number of rotatable bonds is 3. The number of para-hydroxylation sites is 1. The van der Waals surface area contributed by atoms with Gasteiger partial charge in [0.1, 0.15) is 5.75 Å². The van der Waals surface area contributed by atoms with E-state index in [1.54, 1.807) is 36.0 Å². The summed E-state index contributed by atoms with van der Waals surface area (Å²) in [4.78, 5) is 38.8. The van der Waals surface area contributed by atoms with Crippen LogP contribution in [0.2, 0.25) is 0 Å². The standard InChI is InChI=1S/C19H23N3O5S/c23-14-11-28-10-13(14)20-16(24)9-22-8-7-19(6-5-17(22)25)21-18(26)12-3-1-2-4-15(12)27-19/h1-4,13-14,23H,5-11H2,(H,20,24)(H,21,26). The van der Waals surface area contributed by atoms with Crippen molar-refractivity contribution in [1.29, 1.82) is 0 Å². The van der Waals surface area contributed by atoms with E-state index in [-0.39, 0.29) is 36.7 Å². The Morgan fingerprint density at radius 2 is 2.14 bits per heavy atom. The molecule has 0 aromatic heterocycles. The lowest BCUT2D eigenvalue weighted by molar-refractivity contribution is -0.136.